The standard InChI is InChI=1S/C14H20N2O4/c1-4-7-15-14(18)16-9-11(17)10-5-6-12(19-2)13(8-10)20-3/h4-6,8,11,17H,1,7,9H2,2-3H3,(H2,15,16,18). The highest BCUT2D eigenvalue weighted by molar-refractivity contribution is 5.74. The quantitative estimate of drug-likeness (QED) is 0.656. The Bertz CT molecular complexity index is 462. The molecule has 0 fully saturated rings. The average molecular weight is 280 g/mol. The summed E-state index contributed by atoms with van der Waals surface area (Å²) in [5.41, 5.74) is 0.631. The van der Waals surface area contributed by atoms with Gasteiger partial charge in [0.2, 0.25) is 0 Å². The van der Waals surface area contributed by atoms with Crippen molar-refractivity contribution in [1.29, 1.82) is 0 Å². The van der Waals surface area contributed by atoms with E-state index >= 15 is 0 Å². The lowest BCUT2D eigenvalue weighted by Gasteiger charge is -2.15. The lowest BCUT2D eigenvalue weighted by molar-refractivity contribution is 0.173. The molecular weight excluding hydrogens is 260 g/mol. The summed E-state index contributed by atoms with van der Waals surface area (Å²) >= 11 is 0. The van der Waals surface area contributed by atoms with Gasteiger partial charge in [0.15, 0.2) is 11.5 Å². The topological polar surface area (TPSA) is 79.8 Å². The molecule has 20 heavy (non-hydrogen) atoms. The van der Waals surface area contributed by atoms with Crippen LogP contribution in [0.3, 0.4) is 0 Å². The van der Waals surface area contributed by atoms with Gasteiger partial charge in [-0.05, 0) is 17.7 Å². The first kappa shape index (κ1) is 15.8. The van der Waals surface area contributed by atoms with Gasteiger partial charge < -0.3 is 25.2 Å². The maximum atomic E-state index is 11.3. The molecule has 0 saturated carbocycles. The Labute approximate surface area is 118 Å². The normalized spacial score (nSPS) is 11.3. The minimum atomic E-state index is -0.829. The van der Waals surface area contributed by atoms with Gasteiger partial charge in [-0.1, -0.05) is 12.1 Å². The number of hydrogen-bond acceptors (Lipinski definition) is 4. The number of rotatable bonds is 7. The van der Waals surface area contributed by atoms with Gasteiger partial charge in [0.05, 0.1) is 20.3 Å². The summed E-state index contributed by atoms with van der Waals surface area (Å²) in [6.45, 7) is 3.96. The third-order valence-corrected chi connectivity index (χ3v) is 2.66. The summed E-state index contributed by atoms with van der Waals surface area (Å²) in [6, 6.07) is 4.74. The number of carbonyl (C=O) groups is 1. The summed E-state index contributed by atoms with van der Waals surface area (Å²) in [5, 5.41) is 15.1. The zero-order valence-corrected chi connectivity index (χ0v) is 11.7. The first-order chi connectivity index (χ1) is 9.62. The molecule has 0 aliphatic carbocycles. The van der Waals surface area contributed by atoms with Crippen molar-refractivity contribution in [2.45, 2.75) is 6.10 Å². The van der Waals surface area contributed by atoms with E-state index in [2.05, 4.69) is 17.2 Å². The molecule has 6 nitrogen and oxygen atoms in total. The second kappa shape index (κ2) is 8.06. The van der Waals surface area contributed by atoms with Crippen molar-refractivity contribution < 1.29 is 19.4 Å². The molecule has 2 amide bonds. The molecule has 1 rings (SSSR count). The highest BCUT2D eigenvalue weighted by atomic mass is 16.5. The van der Waals surface area contributed by atoms with Crippen LogP contribution in [0.4, 0.5) is 4.79 Å². The summed E-state index contributed by atoms with van der Waals surface area (Å²) < 4.78 is 10.3. The van der Waals surface area contributed by atoms with Gasteiger partial charge in [0.1, 0.15) is 0 Å². The summed E-state index contributed by atoms with van der Waals surface area (Å²) in [7, 11) is 3.06. The molecule has 110 valence electrons. The van der Waals surface area contributed by atoms with Gasteiger partial charge in [-0.3, -0.25) is 0 Å². The number of nitrogens with one attached hydrogen (secondary N) is 2. The minimum Gasteiger partial charge on any atom is -0.493 e. The van der Waals surface area contributed by atoms with Crippen LogP contribution in [0.2, 0.25) is 0 Å². The number of ether oxygens (including phenoxy) is 2. The molecule has 1 aromatic carbocycles. The van der Waals surface area contributed by atoms with Gasteiger partial charge in [0, 0.05) is 13.1 Å². The van der Waals surface area contributed by atoms with Gasteiger partial charge in [-0.25, -0.2) is 4.79 Å². The Balaban J connectivity index is 2.61. The number of hydrogen-bond donors (Lipinski definition) is 3. The average Bonchev–Trinajstić information content (AvgIpc) is 2.49. The second-order valence-corrected chi connectivity index (χ2v) is 4.01. The van der Waals surface area contributed by atoms with Crippen LogP contribution >= 0.6 is 0 Å². The zero-order chi connectivity index (χ0) is 15.0. The Kier molecular flexibility index (Phi) is 6.39. The van der Waals surface area contributed by atoms with Crippen LogP contribution in [-0.4, -0.2) is 38.4 Å². The Morgan fingerprint density at radius 1 is 1.35 bits per heavy atom. The summed E-state index contributed by atoms with van der Waals surface area (Å²) in [4.78, 5) is 11.3. The fourth-order valence-electron chi connectivity index (χ4n) is 1.59. The van der Waals surface area contributed by atoms with E-state index in [1.54, 1.807) is 31.4 Å². The van der Waals surface area contributed by atoms with Crippen LogP contribution in [0, 0.1) is 0 Å². The molecule has 0 spiro atoms. The number of urea groups is 1. The highest BCUT2D eigenvalue weighted by Gasteiger charge is 2.12. The molecule has 0 aliphatic heterocycles. The fourth-order valence-corrected chi connectivity index (χ4v) is 1.59. The molecule has 1 unspecified atom stereocenters. The Morgan fingerprint density at radius 3 is 2.65 bits per heavy atom. The van der Waals surface area contributed by atoms with Crippen LogP contribution in [0.15, 0.2) is 30.9 Å². The van der Waals surface area contributed by atoms with Crippen molar-refractivity contribution in [3.63, 3.8) is 0 Å². The largest absolute Gasteiger partial charge is 0.493 e. The van der Waals surface area contributed by atoms with Crippen molar-refractivity contribution >= 4 is 6.03 Å². The number of aliphatic hydroxyl groups excluding tert-OH is 1. The SMILES string of the molecule is C=CCNC(=O)NCC(O)c1ccc(OC)c(OC)c1. The zero-order valence-electron chi connectivity index (χ0n) is 11.7. The van der Waals surface area contributed by atoms with Gasteiger partial charge in [0.25, 0.3) is 0 Å². The van der Waals surface area contributed by atoms with Crippen molar-refractivity contribution in [1.82, 2.24) is 10.6 Å². The molecule has 0 heterocycles. The van der Waals surface area contributed by atoms with E-state index in [-0.39, 0.29) is 12.6 Å². The van der Waals surface area contributed by atoms with Gasteiger partial charge >= 0.3 is 6.03 Å². The lowest BCUT2D eigenvalue weighted by Crippen LogP contribution is -2.37. The maximum absolute atomic E-state index is 11.3. The van der Waals surface area contributed by atoms with E-state index in [0.29, 0.717) is 23.6 Å². The van der Waals surface area contributed by atoms with Crippen LogP contribution < -0.4 is 20.1 Å². The molecule has 6 heteroatoms. The third-order valence-electron chi connectivity index (χ3n) is 2.66. The molecule has 1 aromatic rings. The predicted molar refractivity (Wildman–Crippen MR) is 76.1 cm³/mol. The van der Waals surface area contributed by atoms with Gasteiger partial charge in [-0.15, -0.1) is 6.58 Å². The first-order valence-corrected chi connectivity index (χ1v) is 6.15. The maximum Gasteiger partial charge on any atom is 0.315 e. The minimum absolute atomic E-state index is 0.0957. The fraction of sp³-hybridized carbons (Fsp3) is 0.357. The number of amides is 2. The van der Waals surface area contributed by atoms with Crippen LogP contribution in [-0.2, 0) is 0 Å². The number of aliphatic hydroxyl groups is 1. The van der Waals surface area contributed by atoms with E-state index in [4.69, 9.17) is 9.47 Å². The summed E-state index contributed by atoms with van der Waals surface area (Å²) in [5.74, 6) is 1.11. The van der Waals surface area contributed by atoms with E-state index < -0.39 is 6.10 Å². The first-order valence-electron chi connectivity index (χ1n) is 6.15. The smallest absolute Gasteiger partial charge is 0.315 e. The van der Waals surface area contributed by atoms with Crippen molar-refractivity contribution in [3.8, 4) is 11.5 Å². The molecule has 3 N–H and O–H groups in total. The summed E-state index contributed by atoms with van der Waals surface area (Å²) in [6.07, 6.45) is 0.744. The third kappa shape index (κ3) is 4.47. The molecule has 0 saturated heterocycles. The van der Waals surface area contributed by atoms with Crippen molar-refractivity contribution in [3.05, 3.63) is 36.4 Å². The molecule has 1 atom stereocenters. The predicted octanol–water partition coefficient (Wildman–Crippen LogP) is 1.22. The monoisotopic (exact) mass is 280 g/mol. The Morgan fingerprint density at radius 2 is 2.05 bits per heavy atom. The van der Waals surface area contributed by atoms with Crippen LogP contribution in [0.25, 0.3) is 0 Å². The number of benzene rings is 1. The Hall–Kier alpha value is -2.21. The lowest BCUT2D eigenvalue weighted by atomic mass is 10.1. The van der Waals surface area contributed by atoms with E-state index in [1.807, 2.05) is 0 Å². The van der Waals surface area contributed by atoms with E-state index in [0.717, 1.165) is 0 Å². The molecule has 0 radical (unpaired) electrons. The molecule has 0 bridgehead atoms. The number of methoxy groups -OCH3 is 2. The van der Waals surface area contributed by atoms with Crippen molar-refractivity contribution in [2.75, 3.05) is 27.3 Å². The number of carbonyl (C=O) groups excluding carboxylic acids is 1. The molecular formula is C14H20N2O4. The molecule has 0 aromatic heterocycles. The van der Waals surface area contributed by atoms with E-state index in [9.17, 15) is 9.90 Å². The van der Waals surface area contributed by atoms with Crippen molar-refractivity contribution in [2.24, 2.45) is 0 Å². The van der Waals surface area contributed by atoms with E-state index in [1.165, 1.54) is 7.11 Å². The highest BCUT2D eigenvalue weighted by Crippen LogP contribution is 2.29. The van der Waals surface area contributed by atoms with Crippen LogP contribution in [0.5, 0.6) is 11.5 Å². The van der Waals surface area contributed by atoms with Gasteiger partial charge in [-0.2, -0.15) is 0 Å². The second-order valence-electron chi connectivity index (χ2n) is 4.01. The van der Waals surface area contributed by atoms with Crippen LogP contribution in [0.1, 0.15) is 11.7 Å². The molecule has 0 aliphatic rings.